The number of hydrogen-bond donors (Lipinski definition) is 1. The number of nitrogens with two attached hydrogens (primary N) is 1. The van der Waals surface area contributed by atoms with Crippen molar-refractivity contribution >= 4 is 0 Å². The summed E-state index contributed by atoms with van der Waals surface area (Å²) in [5.41, 5.74) is 6.25. The van der Waals surface area contributed by atoms with Crippen molar-refractivity contribution < 1.29 is 0 Å². The largest absolute Gasteiger partial charge is 0.330 e. The maximum Gasteiger partial charge on any atom is -0.00720 e. The molecule has 0 aromatic rings. The third-order valence-electron chi connectivity index (χ3n) is 2.87. The summed E-state index contributed by atoms with van der Waals surface area (Å²) >= 11 is 0. The van der Waals surface area contributed by atoms with Gasteiger partial charge >= 0.3 is 0 Å². The summed E-state index contributed by atoms with van der Waals surface area (Å²) < 4.78 is 0. The van der Waals surface area contributed by atoms with Crippen LogP contribution in [0.25, 0.3) is 0 Å². The van der Waals surface area contributed by atoms with Gasteiger partial charge in [-0.3, -0.25) is 0 Å². The van der Waals surface area contributed by atoms with Crippen LogP contribution in [0.2, 0.25) is 0 Å². The van der Waals surface area contributed by atoms with Crippen LogP contribution < -0.4 is 5.73 Å². The quantitative estimate of drug-likeness (QED) is 0.638. The minimum absolute atomic E-state index is 0.698. The molecule has 0 heterocycles. The standard InChI is InChI=1S/C9H19N/c1-2-4-9(7-8-10)5-3-6-9/h2-8,10H2,1H3. The molecule has 1 nitrogen and oxygen atoms in total. The van der Waals surface area contributed by atoms with Crippen molar-refractivity contribution in [2.24, 2.45) is 11.1 Å². The first-order valence-corrected chi connectivity index (χ1v) is 4.53. The molecule has 0 spiro atoms. The van der Waals surface area contributed by atoms with E-state index in [1.165, 1.54) is 38.5 Å². The van der Waals surface area contributed by atoms with Gasteiger partial charge in [0.25, 0.3) is 0 Å². The SMILES string of the molecule is CCCC1(CCN)CCC1. The van der Waals surface area contributed by atoms with Gasteiger partial charge in [-0.05, 0) is 37.6 Å². The Kier molecular flexibility index (Phi) is 2.72. The summed E-state index contributed by atoms with van der Waals surface area (Å²) in [6, 6.07) is 0. The normalized spacial score (nSPS) is 22.2. The first-order valence-electron chi connectivity index (χ1n) is 4.53. The van der Waals surface area contributed by atoms with Crippen LogP contribution in [0.3, 0.4) is 0 Å². The van der Waals surface area contributed by atoms with Gasteiger partial charge in [0, 0.05) is 0 Å². The maximum absolute atomic E-state index is 5.55. The zero-order valence-electron chi connectivity index (χ0n) is 7.03. The van der Waals surface area contributed by atoms with Crippen molar-refractivity contribution in [1.29, 1.82) is 0 Å². The van der Waals surface area contributed by atoms with E-state index in [1.807, 2.05) is 0 Å². The van der Waals surface area contributed by atoms with E-state index in [4.69, 9.17) is 5.73 Å². The molecule has 0 bridgehead atoms. The molecule has 1 rings (SSSR count). The molecule has 0 aliphatic heterocycles. The molecule has 1 fully saturated rings. The average molecular weight is 141 g/mol. The van der Waals surface area contributed by atoms with Gasteiger partial charge < -0.3 is 5.73 Å². The molecule has 1 saturated carbocycles. The van der Waals surface area contributed by atoms with Crippen molar-refractivity contribution in [1.82, 2.24) is 0 Å². The monoisotopic (exact) mass is 141 g/mol. The van der Waals surface area contributed by atoms with E-state index in [-0.39, 0.29) is 0 Å². The second-order valence-electron chi connectivity index (χ2n) is 3.64. The zero-order chi connectivity index (χ0) is 7.45. The third kappa shape index (κ3) is 1.51. The molecular formula is C9H19N. The number of rotatable bonds is 4. The van der Waals surface area contributed by atoms with Crippen LogP contribution in [-0.4, -0.2) is 6.54 Å². The molecular weight excluding hydrogens is 122 g/mol. The Balaban J connectivity index is 2.27. The minimum atomic E-state index is 0.698. The first kappa shape index (κ1) is 8.06. The topological polar surface area (TPSA) is 26.0 Å². The van der Waals surface area contributed by atoms with E-state index in [9.17, 15) is 0 Å². The van der Waals surface area contributed by atoms with E-state index < -0.39 is 0 Å². The van der Waals surface area contributed by atoms with Crippen molar-refractivity contribution in [2.75, 3.05) is 6.54 Å². The van der Waals surface area contributed by atoms with Gasteiger partial charge in [-0.25, -0.2) is 0 Å². The third-order valence-corrected chi connectivity index (χ3v) is 2.87. The van der Waals surface area contributed by atoms with Gasteiger partial charge in [0.05, 0.1) is 0 Å². The van der Waals surface area contributed by atoms with Crippen molar-refractivity contribution in [3.05, 3.63) is 0 Å². The Morgan fingerprint density at radius 3 is 2.30 bits per heavy atom. The highest BCUT2D eigenvalue weighted by molar-refractivity contribution is 4.87. The summed E-state index contributed by atoms with van der Waals surface area (Å²) in [5, 5.41) is 0. The molecule has 60 valence electrons. The summed E-state index contributed by atoms with van der Waals surface area (Å²) in [5.74, 6) is 0. The highest BCUT2D eigenvalue weighted by Gasteiger charge is 2.34. The van der Waals surface area contributed by atoms with Gasteiger partial charge in [-0.1, -0.05) is 19.8 Å². The Bertz CT molecular complexity index is 86.9. The fourth-order valence-corrected chi connectivity index (χ4v) is 2.14. The van der Waals surface area contributed by atoms with Crippen LogP contribution in [-0.2, 0) is 0 Å². The fourth-order valence-electron chi connectivity index (χ4n) is 2.14. The maximum atomic E-state index is 5.55. The van der Waals surface area contributed by atoms with Crippen LogP contribution in [0.4, 0.5) is 0 Å². The van der Waals surface area contributed by atoms with Gasteiger partial charge in [0.1, 0.15) is 0 Å². The molecule has 0 amide bonds. The molecule has 10 heavy (non-hydrogen) atoms. The molecule has 1 aliphatic rings. The van der Waals surface area contributed by atoms with Gasteiger partial charge in [0.2, 0.25) is 0 Å². The molecule has 0 radical (unpaired) electrons. The summed E-state index contributed by atoms with van der Waals surface area (Å²) in [7, 11) is 0. The molecule has 0 unspecified atom stereocenters. The predicted molar refractivity (Wildman–Crippen MR) is 44.9 cm³/mol. The van der Waals surface area contributed by atoms with E-state index in [2.05, 4.69) is 6.92 Å². The predicted octanol–water partition coefficient (Wildman–Crippen LogP) is 2.31. The fraction of sp³-hybridized carbons (Fsp3) is 1.00. The van der Waals surface area contributed by atoms with Crippen LogP contribution in [0.15, 0.2) is 0 Å². The van der Waals surface area contributed by atoms with Crippen molar-refractivity contribution in [3.8, 4) is 0 Å². The number of hydrogen-bond acceptors (Lipinski definition) is 1. The van der Waals surface area contributed by atoms with E-state index in [1.54, 1.807) is 0 Å². The lowest BCUT2D eigenvalue weighted by Gasteiger charge is -2.42. The van der Waals surface area contributed by atoms with Crippen molar-refractivity contribution in [3.63, 3.8) is 0 Å². The first-order chi connectivity index (χ1) is 4.83. The van der Waals surface area contributed by atoms with Crippen LogP contribution in [0, 0.1) is 5.41 Å². The van der Waals surface area contributed by atoms with E-state index in [0.717, 1.165) is 6.54 Å². The highest BCUT2D eigenvalue weighted by Crippen LogP contribution is 2.47. The molecule has 0 aromatic carbocycles. The Labute approximate surface area is 64.0 Å². The second kappa shape index (κ2) is 3.38. The Morgan fingerprint density at radius 1 is 1.30 bits per heavy atom. The second-order valence-corrected chi connectivity index (χ2v) is 3.64. The lowest BCUT2D eigenvalue weighted by molar-refractivity contribution is 0.108. The highest BCUT2D eigenvalue weighted by atomic mass is 14.6. The summed E-state index contributed by atoms with van der Waals surface area (Å²) in [6.45, 7) is 3.16. The smallest absolute Gasteiger partial charge is 0.00720 e. The van der Waals surface area contributed by atoms with Gasteiger partial charge in [-0.2, -0.15) is 0 Å². The Morgan fingerprint density at radius 2 is 2.00 bits per heavy atom. The molecule has 0 atom stereocenters. The minimum Gasteiger partial charge on any atom is -0.330 e. The molecule has 1 heteroatoms. The average Bonchev–Trinajstić information content (AvgIpc) is 1.84. The summed E-state index contributed by atoms with van der Waals surface area (Å²) in [4.78, 5) is 0. The van der Waals surface area contributed by atoms with Crippen LogP contribution in [0.1, 0.15) is 45.4 Å². The molecule has 1 aliphatic carbocycles. The van der Waals surface area contributed by atoms with Gasteiger partial charge in [0.15, 0.2) is 0 Å². The zero-order valence-corrected chi connectivity index (χ0v) is 7.03. The van der Waals surface area contributed by atoms with Crippen LogP contribution >= 0.6 is 0 Å². The summed E-state index contributed by atoms with van der Waals surface area (Å²) in [6.07, 6.45) is 8.33. The Hall–Kier alpha value is -0.0400. The molecule has 0 aromatic heterocycles. The molecule has 2 N–H and O–H groups in total. The lowest BCUT2D eigenvalue weighted by atomic mass is 9.64. The molecule has 0 saturated heterocycles. The van der Waals surface area contributed by atoms with Gasteiger partial charge in [-0.15, -0.1) is 0 Å². The lowest BCUT2D eigenvalue weighted by Crippen LogP contribution is -2.31. The van der Waals surface area contributed by atoms with E-state index in [0.29, 0.717) is 5.41 Å². The van der Waals surface area contributed by atoms with E-state index >= 15 is 0 Å². The van der Waals surface area contributed by atoms with Crippen molar-refractivity contribution in [2.45, 2.75) is 45.4 Å². The van der Waals surface area contributed by atoms with Crippen LogP contribution in [0.5, 0.6) is 0 Å².